The summed E-state index contributed by atoms with van der Waals surface area (Å²) in [5.74, 6) is 1.15. The van der Waals surface area contributed by atoms with Gasteiger partial charge in [0.05, 0.1) is 0 Å². The molecule has 2 aliphatic rings. The number of hydrogen-bond acceptors (Lipinski definition) is 3. The molecule has 1 aromatic heterocycles. The second-order valence-corrected chi connectivity index (χ2v) is 7.70. The molecular formula is C18H29N3. The highest BCUT2D eigenvalue weighted by molar-refractivity contribution is 5.42. The maximum atomic E-state index is 4.77. The predicted octanol–water partition coefficient (Wildman–Crippen LogP) is 3.49. The van der Waals surface area contributed by atoms with Crippen LogP contribution in [0.4, 0.5) is 5.82 Å². The number of nitrogens with zero attached hydrogens (tertiary/aromatic N) is 2. The molecule has 3 heteroatoms. The molecule has 0 radical (unpaired) electrons. The lowest BCUT2D eigenvalue weighted by atomic mass is 9.88. The van der Waals surface area contributed by atoms with Crippen LogP contribution in [0.15, 0.2) is 18.3 Å². The van der Waals surface area contributed by atoms with Gasteiger partial charge < -0.3 is 10.2 Å². The first-order valence-corrected chi connectivity index (χ1v) is 8.46. The Morgan fingerprint density at radius 2 is 1.86 bits per heavy atom. The van der Waals surface area contributed by atoms with Gasteiger partial charge in [-0.05, 0) is 49.7 Å². The van der Waals surface area contributed by atoms with Crippen LogP contribution >= 0.6 is 0 Å². The van der Waals surface area contributed by atoms with E-state index in [1.165, 1.54) is 31.2 Å². The third kappa shape index (κ3) is 3.08. The molecule has 2 saturated heterocycles. The lowest BCUT2D eigenvalue weighted by Crippen LogP contribution is -2.48. The Morgan fingerprint density at radius 1 is 1.19 bits per heavy atom. The highest BCUT2D eigenvalue weighted by atomic mass is 15.2. The third-order valence-electron chi connectivity index (χ3n) is 5.14. The van der Waals surface area contributed by atoms with Crippen molar-refractivity contribution in [1.82, 2.24) is 10.3 Å². The van der Waals surface area contributed by atoms with Crippen LogP contribution < -0.4 is 10.2 Å². The molecule has 116 valence electrons. The van der Waals surface area contributed by atoms with E-state index in [-0.39, 0.29) is 5.41 Å². The monoisotopic (exact) mass is 287 g/mol. The normalized spacial score (nSPS) is 28.7. The van der Waals surface area contributed by atoms with E-state index in [0.717, 1.165) is 24.4 Å². The van der Waals surface area contributed by atoms with Gasteiger partial charge >= 0.3 is 0 Å². The van der Waals surface area contributed by atoms with Crippen LogP contribution in [0.5, 0.6) is 0 Å². The molecule has 0 saturated carbocycles. The first kappa shape index (κ1) is 14.8. The zero-order chi connectivity index (χ0) is 15.0. The Bertz CT molecular complexity index is 462. The van der Waals surface area contributed by atoms with Crippen LogP contribution in [0, 0.1) is 0 Å². The largest absolute Gasteiger partial charge is 0.354 e. The summed E-state index contributed by atoms with van der Waals surface area (Å²) >= 11 is 0. The highest BCUT2D eigenvalue weighted by Gasteiger charge is 2.36. The van der Waals surface area contributed by atoms with Crippen molar-refractivity contribution in [2.75, 3.05) is 11.4 Å². The Hall–Kier alpha value is -1.09. The second kappa shape index (κ2) is 5.60. The number of anilines is 1. The van der Waals surface area contributed by atoms with Crippen LogP contribution in [0.1, 0.15) is 58.9 Å². The summed E-state index contributed by atoms with van der Waals surface area (Å²) in [6, 6.07) is 6.59. The van der Waals surface area contributed by atoms with E-state index in [2.05, 4.69) is 56.2 Å². The predicted molar refractivity (Wildman–Crippen MR) is 88.9 cm³/mol. The minimum absolute atomic E-state index is 0.177. The van der Waals surface area contributed by atoms with E-state index < -0.39 is 0 Å². The lowest BCUT2D eigenvalue weighted by molar-refractivity contribution is 0.348. The van der Waals surface area contributed by atoms with Gasteiger partial charge in [0.2, 0.25) is 0 Å². The zero-order valence-corrected chi connectivity index (χ0v) is 13.9. The quantitative estimate of drug-likeness (QED) is 0.922. The summed E-state index contributed by atoms with van der Waals surface area (Å²) in [6.07, 6.45) is 7.32. The number of piperidine rings is 1. The Kier molecular flexibility index (Phi) is 3.96. The van der Waals surface area contributed by atoms with Gasteiger partial charge in [-0.25, -0.2) is 4.98 Å². The molecule has 0 aliphatic carbocycles. The average molecular weight is 287 g/mol. The van der Waals surface area contributed by atoms with Gasteiger partial charge in [0.25, 0.3) is 0 Å². The van der Waals surface area contributed by atoms with Crippen molar-refractivity contribution in [3.8, 4) is 0 Å². The SMILES string of the molecule is CCN(c1ccc(C(C)(C)C)cn1)C1CC2CCC(C1)N2. The topological polar surface area (TPSA) is 28.2 Å². The first-order chi connectivity index (χ1) is 9.97. The molecular weight excluding hydrogens is 258 g/mol. The molecule has 2 atom stereocenters. The summed E-state index contributed by atoms with van der Waals surface area (Å²) in [5, 5.41) is 3.73. The molecule has 3 rings (SSSR count). The van der Waals surface area contributed by atoms with Crippen LogP contribution in [0.3, 0.4) is 0 Å². The number of fused-ring (bicyclic) bond motifs is 2. The molecule has 1 N–H and O–H groups in total. The van der Waals surface area contributed by atoms with Crippen LogP contribution in [-0.4, -0.2) is 29.7 Å². The molecule has 2 unspecified atom stereocenters. The molecule has 3 heterocycles. The second-order valence-electron chi connectivity index (χ2n) is 7.70. The Morgan fingerprint density at radius 3 is 2.33 bits per heavy atom. The van der Waals surface area contributed by atoms with E-state index in [9.17, 15) is 0 Å². The fraction of sp³-hybridized carbons (Fsp3) is 0.722. The number of nitrogens with one attached hydrogen (secondary N) is 1. The van der Waals surface area contributed by atoms with Gasteiger partial charge in [-0.15, -0.1) is 0 Å². The van der Waals surface area contributed by atoms with E-state index in [1.54, 1.807) is 0 Å². The summed E-state index contributed by atoms with van der Waals surface area (Å²) in [6.45, 7) is 10.0. The number of aromatic nitrogens is 1. The van der Waals surface area contributed by atoms with E-state index in [4.69, 9.17) is 4.98 Å². The van der Waals surface area contributed by atoms with E-state index in [1.807, 2.05) is 0 Å². The fourth-order valence-electron chi connectivity index (χ4n) is 3.89. The van der Waals surface area contributed by atoms with E-state index in [0.29, 0.717) is 6.04 Å². The number of rotatable bonds is 3. The van der Waals surface area contributed by atoms with Crippen molar-refractivity contribution in [1.29, 1.82) is 0 Å². The van der Waals surface area contributed by atoms with Crippen LogP contribution in [-0.2, 0) is 5.41 Å². The summed E-state index contributed by atoms with van der Waals surface area (Å²) in [5.41, 5.74) is 1.49. The molecule has 21 heavy (non-hydrogen) atoms. The number of pyridine rings is 1. The highest BCUT2D eigenvalue weighted by Crippen LogP contribution is 2.32. The smallest absolute Gasteiger partial charge is 0.128 e. The van der Waals surface area contributed by atoms with Crippen molar-refractivity contribution in [3.63, 3.8) is 0 Å². The van der Waals surface area contributed by atoms with Gasteiger partial charge in [-0.2, -0.15) is 0 Å². The molecule has 0 aromatic carbocycles. The average Bonchev–Trinajstić information content (AvgIpc) is 2.78. The van der Waals surface area contributed by atoms with Crippen molar-refractivity contribution in [2.24, 2.45) is 0 Å². The Labute approximate surface area is 129 Å². The lowest BCUT2D eigenvalue weighted by Gasteiger charge is -2.38. The minimum Gasteiger partial charge on any atom is -0.354 e. The van der Waals surface area contributed by atoms with Crippen molar-refractivity contribution in [3.05, 3.63) is 23.9 Å². The van der Waals surface area contributed by atoms with Crippen LogP contribution in [0.25, 0.3) is 0 Å². The molecule has 0 amide bonds. The van der Waals surface area contributed by atoms with Gasteiger partial charge in [-0.1, -0.05) is 26.8 Å². The van der Waals surface area contributed by atoms with E-state index >= 15 is 0 Å². The van der Waals surface area contributed by atoms with Gasteiger partial charge in [0, 0.05) is 30.9 Å². The third-order valence-corrected chi connectivity index (χ3v) is 5.14. The van der Waals surface area contributed by atoms with Crippen LogP contribution in [0.2, 0.25) is 0 Å². The molecule has 2 aliphatic heterocycles. The van der Waals surface area contributed by atoms with Crippen molar-refractivity contribution >= 4 is 5.82 Å². The summed E-state index contributed by atoms with van der Waals surface area (Å²) in [4.78, 5) is 7.28. The number of hydrogen-bond donors (Lipinski definition) is 1. The Balaban J connectivity index is 1.77. The van der Waals surface area contributed by atoms with Gasteiger partial charge in [0.15, 0.2) is 0 Å². The molecule has 0 spiro atoms. The molecule has 2 fully saturated rings. The first-order valence-electron chi connectivity index (χ1n) is 8.46. The minimum atomic E-state index is 0.177. The van der Waals surface area contributed by atoms with Crippen molar-refractivity contribution < 1.29 is 0 Å². The fourth-order valence-corrected chi connectivity index (χ4v) is 3.89. The molecule has 1 aromatic rings. The van der Waals surface area contributed by atoms with Crippen molar-refractivity contribution in [2.45, 2.75) is 76.9 Å². The maximum Gasteiger partial charge on any atom is 0.128 e. The summed E-state index contributed by atoms with van der Waals surface area (Å²) < 4.78 is 0. The van der Waals surface area contributed by atoms with Gasteiger partial charge in [-0.3, -0.25) is 0 Å². The standard InChI is InChI=1S/C18H29N3/c1-5-21(16-10-14-7-8-15(11-16)20-14)17-9-6-13(12-19-17)18(2,3)4/h6,9,12,14-16,20H,5,7-8,10-11H2,1-4H3. The maximum absolute atomic E-state index is 4.77. The molecule has 2 bridgehead atoms. The molecule has 3 nitrogen and oxygen atoms in total. The summed E-state index contributed by atoms with van der Waals surface area (Å²) in [7, 11) is 0. The van der Waals surface area contributed by atoms with Gasteiger partial charge in [0.1, 0.15) is 5.82 Å². The zero-order valence-electron chi connectivity index (χ0n) is 13.9.